The Balaban J connectivity index is 1.29. The molecule has 0 radical (unpaired) electrons. The van der Waals surface area contributed by atoms with E-state index in [0.717, 1.165) is 24.9 Å². The highest BCUT2D eigenvalue weighted by Gasteiger charge is 2.49. The number of nitrogens with zero attached hydrogens (tertiary/aromatic N) is 5. The molecule has 2 aliphatic heterocycles. The largest absolute Gasteiger partial charge is 0.493 e. The van der Waals surface area contributed by atoms with E-state index in [2.05, 4.69) is 30.2 Å². The van der Waals surface area contributed by atoms with Gasteiger partial charge in [-0.15, -0.1) is 0 Å². The van der Waals surface area contributed by atoms with Crippen molar-refractivity contribution in [3.63, 3.8) is 0 Å². The number of fused-ring (bicyclic) bond motifs is 2. The van der Waals surface area contributed by atoms with Crippen LogP contribution in [0.3, 0.4) is 0 Å². The minimum atomic E-state index is -0.935. The number of ether oxygens (including phenoxy) is 2. The van der Waals surface area contributed by atoms with Crippen LogP contribution in [0.25, 0.3) is 10.9 Å². The van der Waals surface area contributed by atoms with Gasteiger partial charge in [-0.25, -0.2) is 13.8 Å². The molecule has 198 valence electrons. The number of pyridine rings is 2. The number of nitrogens with one attached hydrogen (secondary N) is 1. The van der Waals surface area contributed by atoms with Gasteiger partial charge >= 0.3 is 6.01 Å². The van der Waals surface area contributed by atoms with Gasteiger partial charge < -0.3 is 25.6 Å². The number of hydrogen-bond acceptors (Lipinski definition) is 10. The number of aromatic hydroxyl groups is 1. The van der Waals surface area contributed by atoms with E-state index in [0.29, 0.717) is 25.3 Å². The van der Waals surface area contributed by atoms with Crippen molar-refractivity contribution in [2.75, 3.05) is 38.6 Å². The third-order valence-corrected chi connectivity index (χ3v) is 7.28. The van der Waals surface area contributed by atoms with Gasteiger partial charge in [0.1, 0.15) is 36.1 Å². The van der Waals surface area contributed by atoms with E-state index in [9.17, 15) is 13.9 Å². The Bertz CT molecular complexity index is 1300. The zero-order chi connectivity index (χ0) is 26.2. The third-order valence-electron chi connectivity index (χ3n) is 7.03. The summed E-state index contributed by atoms with van der Waals surface area (Å²) in [5.74, 6) is -1.18. The lowest BCUT2D eigenvalue weighted by Crippen LogP contribution is -2.43. The summed E-state index contributed by atoms with van der Waals surface area (Å²) in [6.45, 7) is 3.73. The smallest absolute Gasteiger partial charge is 0.320 e. The summed E-state index contributed by atoms with van der Waals surface area (Å²) in [4.78, 5) is 18.2. The Morgan fingerprint density at radius 1 is 1.35 bits per heavy atom. The van der Waals surface area contributed by atoms with Crippen molar-refractivity contribution >= 4 is 28.3 Å². The molecule has 3 atom stereocenters. The Morgan fingerprint density at radius 3 is 3.00 bits per heavy atom. The second kappa shape index (κ2) is 10.3. The van der Waals surface area contributed by atoms with E-state index in [1.807, 2.05) is 13.0 Å². The molecule has 10 nitrogen and oxygen atoms in total. The maximum absolute atomic E-state index is 14.9. The summed E-state index contributed by atoms with van der Waals surface area (Å²) in [6, 6.07) is 3.34. The van der Waals surface area contributed by atoms with Gasteiger partial charge in [0.25, 0.3) is 0 Å². The standard InChI is InChI=1S/C24H28ClF2N7O3/c1-13(15-4-2-6-30-20(15)28)29-7-9-36-22-16-18(17(27)19(25)32-22)31-23(33-21(16)35)37-12-24-5-3-8-34(24)11-14(26)10-24/h2,4,6,13-14,29H,3,5,7-12H2,1H3,(H2,28,30)(H,31,33,35)/t13?,14-,24+/m1/s1. The first-order chi connectivity index (χ1) is 17.8. The normalized spacial score (nSPS) is 22.3. The first-order valence-electron chi connectivity index (χ1n) is 12.1. The highest BCUT2D eigenvalue weighted by molar-refractivity contribution is 6.30. The predicted octanol–water partition coefficient (Wildman–Crippen LogP) is 3.18. The summed E-state index contributed by atoms with van der Waals surface area (Å²) < 4.78 is 40.4. The van der Waals surface area contributed by atoms with Crippen molar-refractivity contribution in [1.82, 2.24) is 30.2 Å². The van der Waals surface area contributed by atoms with E-state index in [1.165, 1.54) is 0 Å². The van der Waals surface area contributed by atoms with Crippen molar-refractivity contribution < 1.29 is 23.4 Å². The predicted molar refractivity (Wildman–Crippen MR) is 133 cm³/mol. The molecule has 2 saturated heterocycles. The van der Waals surface area contributed by atoms with Crippen LogP contribution in [0.15, 0.2) is 18.3 Å². The minimum Gasteiger partial charge on any atom is -0.493 e. The van der Waals surface area contributed by atoms with Crippen LogP contribution in [0.2, 0.25) is 5.15 Å². The van der Waals surface area contributed by atoms with Crippen LogP contribution in [0.5, 0.6) is 17.8 Å². The highest BCUT2D eigenvalue weighted by atomic mass is 35.5. The molecule has 1 unspecified atom stereocenters. The lowest BCUT2D eigenvalue weighted by atomic mass is 9.95. The molecule has 4 N–H and O–H groups in total. The SMILES string of the molecule is CC(NCCOc1nc(Cl)c(F)c2nc(OC[C@@]34CCCN3C[C@H](F)C4)nc(O)c12)c1cccnc1N. The summed E-state index contributed by atoms with van der Waals surface area (Å²) >= 11 is 5.99. The first-order valence-corrected chi connectivity index (χ1v) is 12.5. The quantitative estimate of drug-likeness (QED) is 0.277. The van der Waals surface area contributed by atoms with E-state index >= 15 is 0 Å². The molecule has 3 aromatic heterocycles. The van der Waals surface area contributed by atoms with E-state index in [1.54, 1.807) is 12.3 Å². The molecule has 37 heavy (non-hydrogen) atoms. The highest BCUT2D eigenvalue weighted by Crippen LogP contribution is 2.41. The van der Waals surface area contributed by atoms with Gasteiger partial charge in [0.15, 0.2) is 11.0 Å². The fourth-order valence-electron chi connectivity index (χ4n) is 5.22. The van der Waals surface area contributed by atoms with Crippen molar-refractivity contribution in [3.8, 4) is 17.8 Å². The number of halogens is 3. The second-order valence-corrected chi connectivity index (χ2v) is 9.80. The van der Waals surface area contributed by atoms with Crippen LogP contribution in [0.4, 0.5) is 14.6 Å². The molecule has 0 aromatic carbocycles. The fraction of sp³-hybridized carbons (Fsp3) is 0.500. The zero-order valence-electron chi connectivity index (χ0n) is 20.3. The lowest BCUT2D eigenvalue weighted by Gasteiger charge is -2.30. The number of alkyl halides is 1. The summed E-state index contributed by atoms with van der Waals surface area (Å²) in [5.41, 5.74) is 6.03. The monoisotopic (exact) mass is 535 g/mol. The van der Waals surface area contributed by atoms with Gasteiger partial charge in [0.2, 0.25) is 11.8 Å². The van der Waals surface area contributed by atoms with Crippen LogP contribution in [-0.4, -0.2) is 74.5 Å². The average Bonchev–Trinajstić information content (AvgIpc) is 3.39. The lowest BCUT2D eigenvalue weighted by molar-refractivity contribution is 0.107. The third kappa shape index (κ3) is 5.05. The summed E-state index contributed by atoms with van der Waals surface area (Å²) in [6.07, 6.45) is 2.78. The van der Waals surface area contributed by atoms with Gasteiger partial charge in [-0.05, 0) is 32.4 Å². The Kier molecular flexibility index (Phi) is 7.15. The molecule has 5 heterocycles. The maximum atomic E-state index is 14.9. The average molecular weight is 536 g/mol. The fourth-order valence-corrected chi connectivity index (χ4v) is 5.39. The number of rotatable bonds is 9. The number of hydrogen-bond donors (Lipinski definition) is 3. The van der Waals surface area contributed by atoms with Gasteiger partial charge in [0.05, 0.1) is 5.54 Å². The molecule has 2 fully saturated rings. The van der Waals surface area contributed by atoms with Gasteiger partial charge in [-0.1, -0.05) is 17.7 Å². The van der Waals surface area contributed by atoms with Gasteiger partial charge in [-0.2, -0.15) is 15.0 Å². The Morgan fingerprint density at radius 2 is 2.19 bits per heavy atom. The topological polar surface area (TPSA) is 132 Å². The minimum absolute atomic E-state index is 0.0990. The number of anilines is 1. The Hall–Kier alpha value is -3.09. The molecule has 0 amide bonds. The molecule has 0 bridgehead atoms. The van der Waals surface area contributed by atoms with E-state index in [-0.39, 0.29) is 42.0 Å². The molecule has 2 aliphatic rings. The summed E-state index contributed by atoms with van der Waals surface area (Å²) in [5, 5.41) is 13.3. The van der Waals surface area contributed by atoms with Crippen molar-refractivity contribution in [2.45, 2.75) is 43.9 Å². The van der Waals surface area contributed by atoms with Crippen LogP contribution >= 0.6 is 11.6 Å². The first kappa shape index (κ1) is 25.6. The molecule has 0 aliphatic carbocycles. The van der Waals surface area contributed by atoms with Crippen LogP contribution < -0.4 is 20.5 Å². The van der Waals surface area contributed by atoms with Crippen LogP contribution in [0, 0.1) is 5.82 Å². The van der Waals surface area contributed by atoms with Crippen LogP contribution in [-0.2, 0) is 0 Å². The molecule has 0 spiro atoms. The van der Waals surface area contributed by atoms with Gasteiger partial charge in [0, 0.05) is 37.3 Å². The molecule has 5 rings (SSSR count). The maximum Gasteiger partial charge on any atom is 0.320 e. The van der Waals surface area contributed by atoms with Crippen molar-refractivity contribution in [1.29, 1.82) is 0 Å². The molecule has 3 aromatic rings. The van der Waals surface area contributed by atoms with Crippen molar-refractivity contribution in [2.24, 2.45) is 0 Å². The Labute approximate surface area is 217 Å². The molecular formula is C24H28ClF2N7O3. The van der Waals surface area contributed by atoms with E-state index in [4.69, 9.17) is 26.8 Å². The van der Waals surface area contributed by atoms with Crippen molar-refractivity contribution in [3.05, 3.63) is 34.9 Å². The van der Waals surface area contributed by atoms with Crippen LogP contribution in [0.1, 0.15) is 37.8 Å². The number of nitrogens with two attached hydrogens (primary N) is 1. The number of nitrogen functional groups attached to an aromatic ring is 1. The summed E-state index contributed by atoms with van der Waals surface area (Å²) in [7, 11) is 0. The number of aromatic nitrogens is 4. The zero-order valence-corrected chi connectivity index (χ0v) is 21.0. The van der Waals surface area contributed by atoms with E-state index < -0.39 is 28.6 Å². The molecule has 13 heteroatoms. The van der Waals surface area contributed by atoms with Gasteiger partial charge in [-0.3, -0.25) is 4.90 Å². The molecular weight excluding hydrogens is 508 g/mol. The second-order valence-electron chi connectivity index (χ2n) is 9.44. The molecule has 0 saturated carbocycles.